The maximum absolute atomic E-state index is 13.4. The summed E-state index contributed by atoms with van der Waals surface area (Å²) in [6.45, 7) is 5.57. The van der Waals surface area contributed by atoms with Crippen molar-refractivity contribution in [3.05, 3.63) is 94.5 Å². The Hall–Kier alpha value is -2.63. The van der Waals surface area contributed by atoms with Gasteiger partial charge >= 0.3 is 0 Å². The van der Waals surface area contributed by atoms with Crippen LogP contribution in [0.2, 0.25) is 0 Å². The predicted molar refractivity (Wildman–Crippen MR) is 112 cm³/mol. The quantitative estimate of drug-likeness (QED) is 0.659. The molecular weight excluding hydrogens is 370 g/mol. The molecule has 0 saturated heterocycles. The molecule has 0 aliphatic carbocycles. The van der Waals surface area contributed by atoms with Crippen molar-refractivity contribution < 1.29 is 13.2 Å². The maximum Gasteiger partial charge on any atom is 0.241 e. The van der Waals surface area contributed by atoms with Crippen LogP contribution in [0, 0.1) is 20.8 Å². The summed E-state index contributed by atoms with van der Waals surface area (Å²) in [7, 11) is -2.19. The Morgan fingerprint density at radius 3 is 2.00 bits per heavy atom. The molecule has 3 aromatic rings. The average molecular weight is 396 g/mol. The molecule has 0 radical (unpaired) electrons. The van der Waals surface area contributed by atoms with Crippen LogP contribution in [0.4, 0.5) is 0 Å². The van der Waals surface area contributed by atoms with Gasteiger partial charge in [0.1, 0.15) is 5.75 Å². The van der Waals surface area contributed by atoms with E-state index in [0.29, 0.717) is 21.8 Å². The monoisotopic (exact) mass is 395 g/mol. The summed E-state index contributed by atoms with van der Waals surface area (Å²) in [5, 5.41) is 0. The number of hydrogen-bond acceptors (Lipinski definition) is 3. The molecule has 28 heavy (non-hydrogen) atoms. The molecule has 0 aliphatic rings. The highest BCUT2D eigenvalue weighted by molar-refractivity contribution is 7.89. The Morgan fingerprint density at radius 2 is 1.43 bits per heavy atom. The van der Waals surface area contributed by atoms with E-state index in [1.54, 1.807) is 33.1 Å². The van der Waals surface area contributed by atoms with Gasteiger partial charge in [-0.05, 0) is 55.2 Å². The van der Waals surface area contributed by atoms with E-state index in [2.05, 4.69) is 4.72 Å². The van der Waals surface area contributed by atoms with Crippen molar-refractivity contribution in [2.24, 2.45) is 0 Å². The topological polar surface area (TPSA) is 55.4 Å². The Balaban J connectivity index is 2.08. The van der Waals surface area contributed by atoms with E-state index in [-0.39, 0.29) is 0 Å². The van der Waals surface area contributed by atoms with Gasteiger partial charge in [-0.3, -0.25) is 0 Å². The Labute approximate surface area is 167 Å². The third-order valence-corrected chi connectivity index (χ3v) is 6.45. The van der Waals surface area contributed by atoms with Crippen molar-refractivity contribution in [3.63, 3.8) is 0 Å². The molecule has 3 rings (SSSR count). The fourth-order valence-corrected chi connectivity index (χ4v) is 5.16. The molecule has 0 fully saturated rings. The van der Waals surface area contributed by atoms with Gasteiger partial charge in [0.2, 0.25) is 10.0 Å². The molecule has 1 N–H and O–H groups in total. The van der Waals surface area contributed by atoms with Crippen LogP contribution in [0.3, 0.4) is 0 Å². The van der Waals surface area contributed by atoms with E-state index in [1.165, 1.54) is 0 Å². The maximum atomic E-state index is 13.4. The van der Waals surface area contributed by atoms with Crippen LogP contribution >= 0.6 is 0 Å². The van der Waals surface area contributed by atoms with Gasteiger partial charge in [0.05, 0.1) is 18.0 Å². The van der Waals surface area contributed by atoms with Crippen LogP contribution in [-0.4, -0.2) is 15.5 Å². The normalized spacial score (nSPS) is 12.6. The van der Waals surface area contributed by atoms with Gasteiger partial charge in [-0.25, -0.2) is 8.42 Å². The van der Waals surface area contributed by atoms with Crippen LogP contribution in [0.1, 0.15) is 33.9 Å². The zero-order valence-corrected chi connectivity index (χ0v) is 17.4. The first-order valence-corrected chi connectivity index (χ1v) is 10.6. The minimum absolute atomic E-state index is 0.293. The molecule has 0 aliphatic heterocycles. The van der Waals surface area contributed by atoms with E-state index >= 15 is 0 Å². The predicted octanol–water partition coefficient (Wildman–Crippen LogP) is 4.69. The molecule has 0 bridgehead atoms. The lowest BCUT2D eigenvalue weighted by Gasteiger charge is -2.22. The van der Waals surface area contributed by atoms with E-state index in [1.807, 2.05) is 61.5 Å². The first kappa shape index (κ1) is 20.1. The number of methoxy groups -OCH3 is 1. The average Bonchev–Trinajstić information content (AvgIpc) is 2.66. The highest BCUT2D eigenvalue weighted by Gasteiger charge is 2.26. The molecule has 0 heterocycles. The fourth-order valence-electron chi connectivity index (χ4n) is 3.49. The summed E-state index contributed by atoms with van der Waals surface area (Å²) >= 11 is 0. The zero-order valence-electron chi connectivity index (χ0n) is 16.6. The first-order chi connectivity index (χ1) is 13.3. The van der Waals surface area contributed by atoms with Crippen LogP contribution in [-0.2, 0) is 10.0 Å². The van der Waals surface area contributed by atoms with E-state index < -0.39 is 16.1 Å². The molecule has 4 nitrogen and oxygen atoms in total. The summed E-state index contributed by atoms with van der Waals surface area (Å²) in [5.74, 6) is 0.646. The molecule has 0 amide bonds. The standard InChI is InChI=1S/C23H25NO3S/c1-16-9-8-12-20(13-16)22(19-10-6-5-7-11-19)24-28(25,26)23-17(2)14-21(27-4)15-18(23)3/h5-15,22,24H,1-4H3/t22-/m0/s1. The van der Waals surface area contributed by atoms with Crippen LogP contribution in [0.5, 0.6) is 5.75 Å². The van der Waals surface area contributed by atoms with Gasteiger partial charge in [-0.2, -0.15) is 4.72 Å². The Morgan fingerprint density at radius 1 is 0.821 bits per heavy atom. The van der Waals surface area contributed by atoms with Crippen molar-refractivity contribution in [2.75, 3.05) is 7.11 Å². The van der Waals surface area contributed by atoms with Gasteiger partial charge < -0.3 is 4.74 Å². The highest BCUT2D eigenvalue weighted by Crippen LogP contribution is 2.29. The molecule has 0 aromatic heterocycles. The minimum Gasteiger partial charge on any atom is -0.497 e. The molecule has 5 heteroatoms. The van der Waals surface area contributed by atoms with Crippen molar-refractivity contribution in [3.8, 4) is 5.75 Å². The van der Waals surface area contributed by atoms with Gasteiger partial charge in [-0.15, -0.1) is 0 Å². The summed E-state index contributed by atoms with van der Waals surface area (Å²) in [5.41, 5.74) is 4.18. The number of sulfonamides is 1. The Bertz CT molecular complexity index is 1050. The molecule has 1 atom stereocenters. The number of nitrogens with one attached hydrogen (secondary N) is 1. The highest BCUT2D eigenvalue weighted by atomic mass is 32.2. The molecule has 146 valence electrons. The minimum atomic E-state index is -3.76. The third-order valence-electron chi connectivity index (χ3n) is 4.72. The molecular formula is C23H25NO3S. The number of benzene rings is 3. The lowest BCUT2D eigenvalue weighted by molar-refractivity contribution is 0.413. The van der Waals surface area contributed by atoms with Gasteiger partial charge in [0.25, 0.3) is 0 Å². The van der Waals surface area contributed by atoms with Crippen molar-refractivity contribution in [2.45, 2.75) is 31.7 Å². The Kier molecular flexibility index (Phi) is 5.87. The van der Waals surface area contributed by atoms with Gasteiger partial charge in [0, 0.05) is 0 Å². The molecule has 0 spiro atoms. The zero-order chi connectivity index (χ0) is 20.3. The summed E-state index contributed by atoms with van der Waals surface area (Å²) in [4.78, 5) is 0.293. The number of aryl methyl sites for hydroxylation is 3. The second kappa shape index (κ2) is 8.17. The second-order valence-electron chi connectivity index (χ2n) is 6.97. The first-order valence-electron chi connectivity index (χ1n) is 9.11. The smallest absolute Gasteiger partial charge is 0.241 e. The molecule has 0 saturated carbocycles. The third kappa shape index (κ3) is 4.26. The van der Waals surface area contributed by atoms with Crippen LogP contribution in [0.25, 0.3) is 0 Å². The number of rotatable bonds is 6. The second-order valence-corrected chi connectivity index (χ2v) is 8.62. The lowest BCUT2D eigenvalue weighted by Crippen LogP contribution is -2.30. The van der Waals surface area contributed by atoms with E-state index in [4.69, 9.17) is 4.74 Å². The summed E-state index contributed by atoms with van der Waals surface area (Å²) < 4.78 is 34.9. The van der Waals surface area contributed by atoms with Crippen molar-refractivity contribution >= 4 is 10.0 Å². The SMILES string of the molecule is COc1cc(C)c(S(=O)(=O)N[C@@H](c2ccccc2)c2cccc(C)c2)c(C)c1. The van der Waals surface area contributed by atoms with Crippen molar-refractivity contribution in [1.82, 2.24) is 4.72 Å². The van der Waals surface area contributed by atoms with Crippen LogP contribution in [0.15, 0.2) is 71.6 Å². The largest absolute Gasteiger partial charge is 0.497 e. The lowest BCUT2D eigenvalue weighted by atomic mass is 9.98. The molecule has 3 aromatic carbocycles. The van der Waals surface area contributed by atoms with Crippen molar-refractivity contribution in [1.29, 1.82) is 0 Å². The fraction of sp³-hybridized carbons (Fsp3) is 0.217. The van der Waals surface area contributed by atoms with Crippen LogP contribution < -0.4 is 9.46 Å². The van der Waals surface area contributed by atoms with Gasteiger partial charge in [-0.1, -0.05) is 60.2 Å². The van der Waals surface area contributed by atoms with Gasteiger partial charge in [0.15, 0.2) is 0 Å². The number of hydrogen-bond donors (Lipinski definition) is 1. The summed E-state index contributed by atoms with van der Waals surface area (Å²) in [6.07, 6.45) is 0. The summed E-state index contributed by atoms with van der Waals surface area (Å²) in [6, 6.07) is 20.5. The molecule has 0 unspecified atom stereocenters. The number of ether oxygens (including phenoxy) is 1. The van der Waals surface area contributed by atoms with E-state index in [0.717, 1.165) is 16.7 Å². The van der Waals surface area contributed by atoms with E-state index in [9.17, 15) is 8.42 Å².